The Balaban J connectivity index is 1.81. The zero-order valence-corrected chi connectivity index (χ0v) is 15.8. The van der Waals surface area contributed by atoms with Crippen LogP contribution >= 0.6 is 27.7 Å². The van der Waals surface area contributed by atoms with Gasteiger partial charge < -0.3 is 14.5 Å². The topological polar surface area (TPSA) is 73.1 Å². The number of halogens is 1. The van der Waals surface area contributed by atoms with Crippen LogP contribution in [0.15, 0.2) is 50.6 Å². The van der Waals surface area contributed by atoms with Crippen molar-refractivity contribution in [2.75, 3.05) is 11.1 Å². The second-order valence-electron chi connectivity index (χ2n) is 5.44. The standard InChI is InChI=1S/C17H15BrN4O2S/c1-2-8-25-17-20-16-14(21-22-17)11-9-10(18)5-6-12(11)19-15(24-16)13-4-3-7-23-13/h3-7,9,15,19H,2,8H2,1H3. The Morgan fingerprint density at radius 3 is 3.00 bits per heavy atom. The summed E-state index contributed by atoms with van der Waals surface area (Å²) in [6.45, 7) is 2.12. The van der Waals surface area contributed by atoms with E-state index in [2.05, 4.69) is 43.4 Å². The molecule has 6 nitrogen and oxygen atoms in total. The molecule has 1 N–H and O–H groups in total. The first-order chi connectivity index (χ1) is 12.2. The van der Waals surface area contributed by atoms with E-state index < -0.39 is 6.23 Å². The van der Waals surface area contributed by atoms with Gasteiger partial charge in [0.1, 0.15) is 0 Å². The van der Waals surface area contributed by atoms with Crippen molar-refractivity contribution in [3.63, 3.8) is 0 Å². The zero-order chi connectivity index (χ0) is 17.2. The molecule has 4 rings (SSSR count). The molecule has 25 heavy (non-hydrogen) atoms. The number of hydrogen-bond acceptors (Lipinski definition) is 7. The second kappa shape index (κ2) is 7.05. The molecule has 0 fully saturated rings. The average molecular weight is 419 g/mol. The fourth-order valence-electron chi connectivity index (χ4n) is 2.49. The van der Waals surface area contributed by atoms with Crippen molar-refractivity contribution in [3.05, 3.63) is 46.8 Å². The van der Waals surface area contributed by atoms with Crippen molar-refractivity contribution in [2.45, 2.75) is 24.7 Å². The first-order valence-electron chi connectivity index (χ1n) is 7.88. The highest BCUT2D eigenvalue weighted by Gasteiger charge is 2.27. The van der Waals surface area contributed by atoms with Crippen molar-refractivity contribution in [2.24, 2.45) is 0 Å². The monoisotopic (exact) mass is 418 g/mol. The van der Waals surface area contributed by atoms with Crippen molar-refractivity contribution in [1.29, 1.82) is 0 Å². The Kier molecular flexibility index (Phi) is 4.63. The van der Waals surface area contributed by atoms with Crippen LogP contribution in [0.4, 0.5) is 5.69 Å². The number of rotatable bonds is 4. The average Bonchev–Trinajstić information content (AvgIpc) is 3.10. The van der Waals surface area contributed by atoms with Gasteiger partial charge in [-0.1, -0.05) is 34.6 Å². The predicted octanol–water partition coefficient (Wildman–Crippen LogP) is 4.90. The highest BCUT2D eigenvalue weighted by molar-refractivity contribution is 9.10. The Bertz CT molecular complexity index is 888. The third-order valence-corrected chi connectivity index (χ3v) is 5.16. The number of aromatic nitrogens is 3. The van der Waals surface area contributed by atoms with Gasteiger partial charge in [0, 0.05) is 21.5 Å². The highest BCUT2D eigenvalue weighted by atomic mass is 79.9. The van der Waals surface area contributed by atoms with Crippen molar-refractivity contribution >= 4 is 33.4 Å². The van der Waals surface area contributed by atoms with Gasteiger partial charge in [0.05, 0.1) is 6.26 Å². The molecule has 0 amide bonds. The van der Waals surface area contributed by atoms with Gasteiger partial charge >= 0.3 is 0 Å². The lowest BCUT2D eigenvalue weighted by molar-refractivity contribution is 0.195. The van der Waals surface area contributed by atoms with Crippen LogP contribution in [0.3, 0.4) is 0 Å². The largest absolute Gasteiger partial charge is 0.463 e. The quantitative estimate of drug-likeness (QED) is 0.603. The summed E-state index contributed by atoms with van der Waals surface area (Å²) in [5, 5.41) is 12.6. The summed E-state index contributed by atoms with van der Waals surface area (Å²) < 4.78 is 12.6. The molecule has 1 aliphatic rings. The van der Waals surface area contributed by atoms with E-state index in [1.165, 1.54) is 0 Å². The fraction of sp³-hybridized carbons (Fsp3) is 0.235. The Morgan fingerprint density at radius 2 is 2.20 bits per heavy atom. The predicted molar refractivity (Wildman–Crippen MR) is 99.7 cm³/mol. The Labute approximate surface area is 157 Å². The molecule has 2 aromatic heterocycles. The van der Waals surface area contributed by atoms with E-state index in [-0.39, 0.29) is 0 Å². The molecule has 3 heterocycles. The summed E-state index contributed by atoms with van der Waals surface area (Å²) in [4.78, 5) is 4.57. The number of nitrogens with zero attached hydrogens (tertiary/aromatic N) is 3. The molecule has 1 unspecified atom stereocenters. The molecule has 0 saturated heterocycles. The summed E-state index contributed by atoms with van der Waals surface area (Å²) >= 11 is 5.08. The molecule has 0 radical (unpaired) electrons. The fourth-order valence-corrected chi connectivity index (χ4v) is 3.49. The van der Waals surface area contributed by atoms with Crippen molar-refractivity contribution in [1.82, 2.24) is 15.2 Å². The van der Waals surface area contributed by atoms with Crippen LogP contribution in [0.25, 0.3) is 11.3 Å². The second-order valence-corrected chi connectivity index (χ2v) is 7.42. The molecule has 3 aromatic rings. The van der Waals surface area contributed by atoms with Gasteiger partial charge in [-0.25, -0.2) is 0 Å². The van der Waals surface area contributed by atoms with Crippen LogP contribution in [-0.2, 0) is 0 Å². The molecule has 0 saturated carbocycles. The number of fused-ring (bicyclic) bond motifs is 3. The molecular formula is C17H15BrN4O2S. The number of benzene rings is 1. The van der Waals surface area contributed by atoms with E-state index in [1.54, 1.807) is 18.0 Å². The van der Waals surface area contributed by atoms with Crippen LogP contribution in [0.2, 0.25) is 0 Å². The Hall–Kier alpha value is -2.06. The lowest BCUT2D eigenvalue weighted by Gasteiger charge is -2.16. The van der Waals surface area contributed by atoms with E-state index in [1.807, 2.05) is 30.3 Å². The summed E-state index contributed by atoms with van der Waals surface area (Å²) in [6, 6.07) is 9.60. The molecule has 0 bridgehead atoms. The van der Waals surface area contributed by atoms with Crippen LogP contribution in [-0.4, -0.2) is 20.9 Å². The molecule has 128 valence electrons. The molecular weight excluding hydrogens is 404 g/mol. The summed E-state index contributed by atoms with van der Waals surface area (Å²) in [5.74, 6) is 2.05. The first-order valence-corrected chi connectivity index (χ1v) is 9.66. The lowest BCUT2D eigenvalue weighted by atomic mass is 10.1. The molecule has 0 aliphatic carbocycles. The minimum Gasteiger partial charge on any atom is -0.463 e. The summed E-state index contributed by atoms with van der Waals surface area (Å²) in [6.07, 6.45) is 2.17. The summed E-state index contributed by atoms with van der Waals surface area (Å²) in [7, 11) is 0. The molecule has 1 aliphatic heterocycles. The number of hydrogen-bond donors (Lipinski definition) is 1. The highest BCUT2D eigenvalue weighted by Crippen LogP contribution is 2.40. The maximum absolute atomic E-state index is 6.10. The van der Waals surface area contributed by atoms with Crippen LogP contribution in [0.5, 0.6) is 5.88 Å². The minimum absolute atomic E-state index is 0.444. The maximum Gasteiger partial charge on any atom is 0.247 e. The third kappa shape index (κ3) is 3.36. The normalized spacial score (nSPS) is 15.5. The minimum atomic E-state index is -0.489. The van der Waals surface area contributed by atoms with Gasteiger partial charge in [-0.05, 0) is 36.8 Å². The maximum atomic E-state index is 6.10. The number of nitrogens with one attached hydrogen (secondary N) is 1. The van der Waals surface area contributed by atoms with Crippen molar-refractivity contribution < 1.29 is 9.15 Å². The van der Waals surface area contributed by atoms with Crippen LogP contribution in [0, 0.1) is 0 Å². The smallest absolute Gasteiger partial charge is 0.247 e. The van der Waals surface area contributed by atoms with E-state index >= 15 is 0 Å². The van der Waals surface area contributed by atoms with Crippen LogP contribution < -0.4 is 10.1 Å². The summed E-state index contributed by atoms with van der Waals surface area (Å²) in [5.41, 5.74) is 2.37. The van der Waals surface area contributed by atoms with Crippen molar-refractivity contribution in [3.8, 4) is 17.1 Å². The SMILES string of the molecule is CCCSc1nnc2c(n1)OC(c1ccco1)Nc1ccc(Br)cc1-2. The number of thioether (sulfide) groups is 1. The zero-order valence-electron chi connectivity index (χ0n) is 13.4. The van der Waals surface area contributed by atoms with Gasteiger partial charge in [0.15, 0.2) is 11.5 Å². The molecule has 0 spiro atoms. The van der Waals surface area contributed by atoms with E-state index in [4.69, 9.17) is 9.15 Å². The van der Waals surface area contributed by atoms with Gasteiger partial charge in [0.25, 0.3) is 0 Å². The molecule has 1 atom stereocenters. The van der Waals surface area contributed by atoms with Gasteiger partial charge in [-0.3, -0.25) is 0 Å². The van der Waals surface area contributed by atoms with E-state index in [0.29, 0.717) is 22.5 Å². The van der Waals surface area contributed by atoms with Gasteiger partial charge in [-0.2, -0.15) is 4.98 Å². The Morgan fingerprint density at radius 1 is 1.28 bits per heavy atom. The molecule has 1 aromatic carbocycles. The van der Waals surface area contributed by atoms with Gasteiger partial charge in [-0.15, -0.1) is 10.2 Å². The number of ether oxygens (including phenoxy) is 1. The van der Waals surface area contributed by atoms with Crippen LogP contribution in [0.1, 0.15) is 25.3 Å². The number of anilines is 1. The lowest BCUT2D eigenvalue weighted by Crippen LogP contribution is -2.16. The number of furan rings is 1. The van der Waals surface area contributed by atoms with E-state index in [9.17, 15) is 0 Å². The van der Waals surface area contributed by atoms with E-state index in [0.717, 1.165) is 27.9 Å². The third-order valence-electron chi connectivity index (χ3n) is 3.63. The first kappa shape index (κ1) is 16.4. The van der Waals surface area contributed by atoms with Gasteiger partial charge in [0.2, 0.25) is 17.3 Å². The molecule has 8 heteroatoms.